The van der Waals surface area contributed by atoms with Crippen molar-refractivity contribution in [1.29, 1.82) is 5.26 Å². The Morgan fingerprint density at radius 1 is 1.60 bits per heavy atom. The Morgan fingerprint density at radius 2 is 2.47 bits per heavy atom. The van der Waals surface area contributed by atoms with Crippen molar-refractivity contribution in [3.63, 3.8) is 0 Å². The van der Waals surface area contributed by atoms with Gasteiger partial charge in [-0.15, -0.1) is 11.3 Å². The van der Waals surface area contributed by atoms with E-state index >= 15 is 0 Å². The quantitative estimate of drug-likeness (QED) is 0.859. The van der Waals surface area contributed by atoms with Crippen LogP contribution < -0.4 is 0 Å². The number of nitrogens with one attached hydrogen (secondary N) is 1. The molecule has 0 unspecified atom stereocenters. The van der Waals surface area contributed by atoms with Crippen LogP contribution in [0.25, 0.3) is 10.6 Å². The number of aryl methyl sites for hydroxylation is 2. The van der Waals surface area contributed by atoms with E-state index in [2.05, 4.69) is 16.0 Å². The second kappa shape index (κ2) is 4.28. The maximum atomic E-state index is 8.54. The van der Waals surface area contributed by atoms with Crippen LogP contribution in [-0.4, -0.2) is 9.97 Å². The Labute approximate surface area is 92.4 Å². The van der Waals surface area contributed by atoms with E-state index in [0.717, 1.165) is 22.7 Å². The van der Waals surface area contributed by atoms with Crippen LogP contribution in [0.1, 0.15) is 17.0 Å². The molecule has 0 bridgehead atoms. The van der Waals surface area contributed by atoms with Gasteiger partial charge in [0.05, 0.1) is 11.8 Å². The number of H-pyrrole nitrogens is 1. The zero-order valence-electron chi connectivity index (χ0n) is 8.45. The molecular weight excluding hydrogens is 206 g/mol. The van der Waals surface area contributed by atoms with Gasteiger partial charge in [-0.3, -0.25) is 0 Å². The average Bonchev–Trinajstić information content (AvgIpc) is 2.83. The molecule has 76 valence electrons. The van der Waals surface area contributed by atoms with Crippen molar-refractivity contribution < 1.29 is 0 Å². The molecule has 2 heterocycles. The zero-order chi connectivity index (χ0) is 10.7. The highest BCUT2D eigenvalue weighted by Gasteiger charge is 2.08. The molecule has 0 atom stereocenters. The molecule has 0 amide bonds. The van der Waals surface area contributed by atoms with Gasteiger partial charge in [0.1, 0.15) is 5.01 Å². The zero-order valence-corrected chi connectivity index (χ0v) is 9.27. The first-order chi connectivity index (χ1) is 7.31. The van der Waals surface area contributed by atoms with E-state index < -0.39 is 0 Å². The molecule has 0 aliphatic carbocycles. The summed E-state index contributed by atoms with van der Waals surface area (Å²) < 4.78 is 0. The summed E-state index contributed by atoms with van der Waals surface area (Å²) in [7, 11) is 0. The molecule has 3 nitrogen and oxygen atoms in total. The molecular formula is C11H11N3S. The third-order valence-corrected chi connectivity index (χ3v) is 3.47. The van der Waals surface area contributed by atoms with Crippen LogP contribution in [0.5, 0.6) is 0 Å². The van der Waals surface area contributed by atoms with Crippen LogP contribution in [0.15, 0.2) is 18.5 Å². The maximum Gasteiger partial charge on any atom is 0.125 e. The molecule has 2 aromatic rings. The molecule has 2 rings (SSSR count). The average molecular weight is 217 g/mol. The Morgan fingerprint density at radius 3 is 3.13 bits per heavy atom. The van der Waals surface area contributed by atoms with Crippen molar-refractivity contribution in [2.45, 2.75) is 19.8 Å². The van der Waals surface area contributed by atoms with Crippen LogP contribution >= 0.6 is 11.3 Å². The molecule has 0 aliphatic heterocycles. The van der Waals surface area contributed by atoms with Crippen LogP contribution in [0.4, 0.5) is 0 Å². The summed E-state index contributed by atoms with van der Waals surface area (Å²) in [6.07, 6.45) is 5.20. The third kappa shape index (κ3) is 2.08. The lowest BCUT2D eigenvalue weighted by Gasteiger charge is -1.89. The molecule has 0 saturated heterocycles. The Balaban J connectivity index is 2.26. The van der Waals surface area contributed by atoms with Gasteiger partial charge in [0.25, 0.3) is 0 Å². The Bertz CT molecular complexity index is 476. The highest BCUT2D eigenvalue weighted by molar-refractivity contribution is 7.15. The number of aromatic amines is 1. The van der Waals surface area contributed by atoms with Gasteiger partial charge in [0.15, 0.2) is 0 Å². The fraction of sp³-hybridized carbons (Fsp3) is 0.273. The Hall–Kier alpha value is -1.60. The fourth-order valence-electron chi connectivity index (χ4n) is 1.41. The van der Waals surface area contributed by atoms with Crippen LogP contribution in [0.3, 0.4) is 0 Å². The number of nitriles is 1. The number of thiazole rings is 1. The first kappa shape index (κ1) is 9.94. The molecule has 0 aliphatic rings. The molecule has 0 fully saturated rings. The van der Waals surface area contributed by atoms with Gasteiger partial charge >= 0.3 is 0 Å². The van der Waals surface area contributed by atoms with E-state index in [1.54, 1.807) is 11.3 Å². The maximum absolute atomic E-state index is 8.54. The second-order valence-electron chi connectivity index (χ2n) is 3.29. The number of aromatic nitrogens is 2. The fourth-order valence-corrected chi connectivity index (χ4v) is 2.47. The SMILES string of the molecule is Cc1nc(-c2cc[nH]c2)sc1CCC#N. The van der Waals surface area contributed by atoms with E-state index in [0.29, 0.717) is 6.42 Å². The first-order valence-corrected chi connectivity index (χ1v) is 5.59. The molecule has 0 spiro atoms. The lowest BCUT2D eigenvalue weighted by atomic mass is 10.2. The number of nitrogens with zero attached hydrogens (tertiary/aromatic N) is 2. The molecule has 15 heavy (non-hydrogen) atoms. The molecule has 0 saturated carbocycles. The number of rotatable bonds is 3. The first-order valence-electron chi connectivity index (χ1n) is 4.77. The van der Waals surface area contributed by atoms with Gasteiger partial charge in [-0.05, 0) is 19.4 Å². The largest absolute Gasteiger partial charge is 0.367 e. The lowest BCUT2D eigenvalue weighted by Crippen LogP contribution is -1.82. The summed E-state index contributed by atoms with van der Waals surface area (Å²) in [5.74, 6) is 0. The molecule has 0 radical (unpaired) electrons. The minimum absolute atomic E-state index is 0.565. The van der Waals surface area contributed by atoms with E-state index in [1.807, 2.05) is 25.4 Å². The minimum atomic E-state index is 0.565. The predicted octanol–water partition coefficient (Wildman–Crippen LogP) is 2.90. The van der Waals surface area contributed by atoms with Crippen molar-refractivity contribution in [2.75, 3.05) is 0 Å². The summed E-state index contributed by atoms with van der Waals surface area (Å²) in [4.78, 5) is 8.73. The monoisotopic (exact) mass is 217 g/mol. The molecule has 2 aromatic heterocycles. The van der Waals surface area contributed by atoms with Crippen molar-refractivity contribution in [1.82, 2.24) is 9.97 Å². The van der Waals surface area contributed by atoms with E-state index in [4.69, 9.17) is 5.26 Å². The van der Waals surface area contributed by atoms with Crippen LogP contribution in [0.2, 0.25) is 0 Å². The molecule has 1 N–H and O–H groups in total. The third-order valence-electron chi connectivity index (χ3n) is 2.20. The summed E-state index contributed by atoms with van der Waals surface area (Å²) in [6.45, 7) is 2.00. The van der Waals surface area contributed by atoms with Crippen molar-refractivity contribution in [2.24, 2.45) is 0 Å². The van der Waals surface area contributed by atoms with Crippen LogP contribution in [0, 0.1) is 18.3 Å². The van der Waals surface area contributed by atoms with E-state index in [-0.39, 0.29) is 0 Å². The summed E-state index contributed by atoms with van der Waals surface area (Å²) >= 11 is 1.67. The lowest BCUT2D eigenvalue weighted by molar-refractivity contribution is 1.01. The highest BCUT2D eigenvalue weighted by atomic mass is 32.1. The normalized spacial score (nSPS) is 10.1. The van der Waals surface area contributed by atoms with Gasteiger partial charge in [-0.1, -0.05) is 0 Å². The highest BCUT2D eigenvalue weighted by Crippen LogP contribution is 2.28. The summed E-state index contributed by atoms with van der Waals surface area (Å²) in [5.41, 5.74) is 2.16. The smallest absolute Gasteiger partial charge is 0.125 e. The Kier molecular flexibility index (Phi) is 2.84. The van der Waals surface area contributed by atoms with Crippen molar-refractivity contribution in [3.8, 4) is 16.6 Å². The summed E-state index contributed by atoms with van der Waals surface area (Å²) in [5, 5.41) is 9.57. The van der Waals surface area contributed by atoms with Gasteiger partial charge < -0.3 is 4.98 Å². The standard InChI is InChI=1S/C11H11N3S/c1-8-10(3-2-5-12)15-11(14-8)9-4-6-13-7-9/h4,6-7,13H,2-3H2,1H3. The minimum Gasteiger partial charge on any atom is -0.367 e. The number of hydrogen-bond donors (Lipinski definition) is 1. The number of hydrogen-bond acceptors (Lipinski definition) is 3. The van der Waals surface area contributed by atoms with Gasteiger partial charge in [-0.2, -0.15) is 5.26 Å². The molecule has 4 heteroatoms. The summed E-state index contributed by atoms with van der Waals surface area (Å²) in [6, 6.07) is 4.17. The van der Waals surface area contributed by atoms with E-state index in [9.17, 15) is 0 Å². The van der Waals surface area contributed by atoms with Crippen molar-refractivity contribution in [3.05, 3.63) is 29.0 Å². The second-order valence-corrected chi connectivity index (χ2v) is 4.37. The predicted molar refractivity (Wildman–Crippen MR) is 60.6 cm³/mol. The topological polar surface area (TPSA) is 52.5 Å². The van der Waals surface area contributed by atoms with Crippen LogP contribution in [-0.2, 0) is 6.42 Å². The van der Waals surface area contributed by atoms with Gasteiger partial charge in [0, 0.05) is 29.3 Å². The van der Waals surface area contributed by atoms with Gasteiger partial charge in [0.2, 0.25) is 0 Å². The van der Waals surface area contributed by atoms with Gasteiger partial charge in [-0.25, -0.2) is 4.98 Å². The van der Waals surface area contributed by atoms with Crippen molar-refractivity contribution >= 4 is 11.3 Å². The van der Waals surface area contributed by atoms with E-state index in [1.165, 1.54) is 4.88 Å². The molecule has 0 aromatic carbocycles.